The third-order valence-electron chi connectivity index (χ3n) is 8.56. The van der Waals surface area contributed by atoms with Crippen LogP contribution in [-0.2, 0) is 15.9 Å². The van der Waals surface area contributed by atoms with Crippen LogP contribution >= 0.6 is 0 Å². The first-order chi connectivity index (χ1) is 25.1. The molecule has 0 aromatic heterocycles. The van der Waals surface area contributed by atoms with Gasteiger partial charge in [0.15, 0.2) is 23.1 Å². The van der Waals surface area contributed by atoms with Gasteiger partial charge in [-0.05, 0) is 99.4 Å². The number of rotatable bonds is 22. The van der Waals surface area contributed by atoms with E-state index in [0.717, 1.165) is 37.7 Å². The van der Waals surface area contributed by atoms with Gasteiger partial charge in [0.2, 0.25) is 11.6 Å². The summed E-state index contributed by atoms with van der Waals surface area (Å²) in [5.41, 5.74) is 1.22. The predicted octanol–water partition coefficient (Wildman–Crippen LogP) is 11.6. The van der Waals surface area contributed by atoms with Crippen molar-refractivity contribution >= 4 is 0 Å². The van der Waals surface area contributed by atoms with Gasteiger partial charge in [-0.15, -0.1) is 0 Å². The SMILES string of the molecule is CCCc1ccc(-c2ccc(OCCCCCOCC(C)COCCCCCOc3ccc(-c4ccc(C)cc4F)c(F)c3F)c(F)c2F)c(F)c1. The zero-order valence-electron chi connectivity index (χ0n) is 30.2. The number of halogens is 6. The molecule has 4 aromatic rings. The summed E-state index contributed by atoms with van der Waals surface area (Å²) in [4.78, 5) is 0. The lowest BCUT2D eigenvalue weighted by molar-refractivity contribution is 0.0430. The van der Waals surface area contributed by atoms with E-state index in [0.29, 0.717) is 51.3 Å². The van der Waals surface area contributed by atoms with Gasteiger partial charge < -0.3 is 18.9 Å². The molecule has 0 radical (unpaired) electrons. The van der Waals surface area contributed by atoms with Gasteiger partial charge in [-0.2, -0.15) is 8.78 Å². The minimum atomic E-state index is -1.14. The van der Waals surface area contributed by atoms with Crippen LogP contribution in [-0.4, -0.2) is 39.6 Å². The van der Waals surface area contributed by atoms with Crippen LogP contribution in [0.25, 0.3) is 22.3 Å². The highest BCUT2D eigenvalue weighted by Gasteiger charge is 2.20. The Labute approximate surface area is 303 Å². The summed E-state index contributed by atoms with van der Waals surface area (Å²) in [6, 6.07) is 14.2. The lowest BCUT2D eigenvalue weighted by Gasteiger charge is -2.13. The van der Waals surface area contributed by atoms with Crippen LogP contribution in [0.15, 0.2) is 60.7 Å². The van der Waals surface area contributed by atoms with Gasteiger partial charge in [-0.1, -0.05) is 44.5 Å². The van der Waals surface area contributed by atoms with Crippen molar-refractivity contribution < 1.29 is 45.3 Å². The van der Waals surface area contributed by atoms with Crippen molar-refractivity contribution in [1.29, 1.82) is 0 Å². The Morgan fingerprint density at radius 3 is 1.46 bits per heavy atom. The van der Waals surface area contributed by atoms with E-state index in [2.05, 4.69) is 0 Å². The Bertz CT molecular complexity index is 1730. The Morgan fingerprint density at radius 2 is 0.981 bits per heavy atom. The molecule has 0 fully saturated rings. The van der Waals surface area contributed by atoms with Crippen molar-refractivity contribution in [3.63, 3.8) is 0 Å². The number of hydrogen-bond acceptors (Lipinski definition) is 4. The molecule has 52 heavy (non-hydrogen) atoms. The molecule has 10 heteroatoms. The molecule has 1 atom stereocenters. The summed E-state index contributed by atoms with van der Waals surface area (Å²) >= 11 is 0. The summed E-state index contributed by atoms with van der Waals surface area (Å²) in [6.45, 7) is 8.36. The van der Waals surface area contributed by atoms with Gasteiger partial charge >= 0.3 is 0 Å². The molecule has 0 bridgehead atoms. The average molecular weight is 731 g/mol. The molecule has 0 heterocycles. The minimum Gasteiger partial charge on any atom is -0.490 e. The summed E-state index contributed by atoms with van der Waals surface area (Å²) in [7, 11) is 0. The Balaban J connectivity index is 1.01. The molecule has 4 nitrogen and oxygen atoms in total. The minimum absolute atomic E-state index is 0.00335. The molecule has 1 unspecified atom stereocenters. The van der Waals surface area contributed by atoms with Crippen molar-refractivity contribution in [3.8, 4) is 33.8 Å². The Hall–Kier alpha value is -4.02. The van der Waals surface area contributed by atoms with Crippen LogP contribution in [0.4, 0.5) is 26.3 Å². The van der Waals surface area contributed by atoms with Crippen LogP contribution in [0.3, 0.4) is 0 Å². The number of benzene rings is 4. The fourth-order valence-corrected chi connectivity index (χ4v) is 5.71. The maximum Gasteiger partial charge on any atom is 0.201 e. The van der Waals surface area contributed by atoms with Gasteiger partial charge in [0.25, 0.3) is 0 Å². The van der Waals surface area contributed by atoms with Crippen LogP contribution in [0.1, 0.15) is 69.9 Å². The van der Waals surface area contributed by atoms with Crippen molar-refractivity contribution in [3.05, 3.63) is 107 Å². The van der Waals surface area contributed by atoms with E-state index >= 15 is 0 Å². The largest absolute Gasteiger partial charge is 0.490 e. The Kier molecular flexibility index (Phi) is 16.4. The van der Waals surface area contributed by atoms with E-state index in [1.165, 1.54) is 48.5 Å². The molecular formula is C42H48F6O4. The van der Waals surface area contributed by atoms with Gasteiger partial charge in [-0.3, -0.25) is 0 Å². The average Bonchev–Trinajstić information content (AvgIpc) is 3.11. The van der Waals surface area contributed by atoms with E-state index in [1.807, 2.05) is 13.8 Å². The molecule has 0 aliphatic rings. The first-order valence-corrected chi connectivity index (χ1v) is 18.0. The maximum absolute atomic E-state index is 14.8. The number of unbranched alkanes of at least 4 members (excludes halogenated alkanes) is 4. The molecule has 0 N–H and O–H groups in total. The standard InChI is InChI=1S/C42H48F6O4/c1-4-11-30-13-15-32(36(44)25-30)34-17-19-38(42(48)40(34)46)52-23-10-6-8-21-50-27-29(3)26-49-20-7-5-9-22-51-37-18-16-33(39(45)41(37)47)31-14-12-28(2)24-35(31)43/h12-19,24-25,29H,4-11,20-23,26-27H2,1-3H3. The lowest BCUT2D eigenvalue weighted by Crippen LogP contribution is -2.14. The van der Waals surface area contributed by atoms with Crippen LogP contribution < -0.4 is 9.47 Å². The first kappa shape index (κ1) is 40.7. The van der Waals surface area contributed by atoms with Gasteiger partial charge in [0, 0.05) is 41.4 Å². The van der Waals surface area contributed by atoms with Gasteiger partial charge in [0.1, 0.15) is 11.6 Å². The van der Waals surface area contributed by atoms with E-state index < -0.39 is 34.9 Å². The molecule has 282 valence electrons. The van der Waals surface area contributed by atoms with Crippen molar-refractivity contribution in [2.24, 2.45) is 5.92 Å². The number of hydrogen-bond donors (Lipinski definition) is 0. The molecule has 4 rings (SSSR count). The molecule has 0 aliphatic carbocycles. The van der Waals surface area contributed by atoms with Crippen LogP contribution in [0, 0.1) is 47.7 Å². The first-order valence-electron chi connectivity index (χ1n) is 18.0. The molecule has 0 aliphatic heterocycles. The zero-order chi connectivity index (χ0) is 37.5. The molecule has 0 saturated heterocycles. The lowest BCUT2D eigenvalue weighted by atomic mass is 10.0. The highest BCUT2D eigenvalue weighted by Crippen LogP contribution is 2.33. The number of aryl methyl sites for hydroxylation is 2. The van der Waals surface area contributed by atoms with E-state index in [4.69, 9.17) is 18.9 Å². The monoisotopic (exact) mass is 730 g/mol. The maximum atomic E-state index is 14.8. The molecule has 0 amide bonds. The summed E-state index contributed by atoms with van der Waals surface area (Å²) < 4.78 is 110. The Morgan fingerprint density at radius 1 is 0.519 bits per heavy atom. The molecule has 4 aromatic carbocycles. The summed E-state index contributed by atoms with van der Waals surface area (Å²) in [5.74, 6) is -5.95. The van der Waals surface area contributed by atoms with Crippen LogP contribution in [0.2, 0.25) is 0 Å². The van der Waals surface area contributed by atoms with Gasteiger partial charge in [-0.25, -0.2) is 17.6 Å². The highest BCUT2D eigenvalue weighted by atomic mass is 19.2. The van der Waals surface area contributed by atoms with Gasteiger partial charge in [0.05, 0.1) is 26.4 Å². The third-order valence-corrected chi connectivity index (χ3v) is 8.56. The summed E-state index contributed by atoms with van der Waals surface area (Å²) in [6.07, 6.45) is 5.98. The highest BCUT2D eigenvalue weighted by molar-refractivity contribution is 5.67. The molecular weight excluding hydrogens is 682 g/mol. The quantitative estimate of drug-likeness (QED) is 0.0596. The second kappa shape index (κ2) is 20.9. The predicted molar refractivity (Wildman–Crippen MR) is 192 cm³/mol. The molecule has 0 spiro atoms. The van der Waals surface area contributed by atoms with E-state index in [9.17, 15) is 26.3 Å². The fourth-order valence-electron chi connectivity index (χ4n) is 5.71. The van der Waals surface area contributed by atoms with Crippen molar-refractivity contribution in [2.45, 2.75) is 72.1 Å². The fraction of sp³-hybridized carbons (Fsp3) is 0.429. The van der Waals surface area contributed by atoms with Crippen LogP contribution in [0.5, 0.6) is 11.5 Å². The second-order valence-electron chi connectivity index (χ2n) is 13.1. The van der Waals surface area contributed by atoms with Crippen molar-refractivity contribution in [1.82, 2.24) is 0 Å². The molecule has 0 saturated carbocycles. The topological polar surface area (TPSA) is 36.9 Å². The zero-order valence-corrected chi connectivity index (χ0v) is 30.2. The second-order valence-corrected chi connectivity index (χ2v) is 13.1. The van der Waals surface area contributed by atoms with E-state index in [1.54, 1.807) is 19.1 Å². The van der Waals surface area contributed by atoms with E-state index in [-0.39, 0.29) is 52.9 Å². The smallest absolute Gasteiger partial charge is 0.201 e. The normalized spacial score (nSPS) is 11.9. The summed E-state index contributed by atoms with van der Waals surface area (Å²) in [5, 5.41) is 0. The number of ether oxygens (including phenoxy) is 4. The van der Waals surface area contributed by atoms with Crippen molar-refractivity contribution in [2.75, 3.05) is 39.6 Å². The third kappa shape index (κ3) is 11.7.